The molecule has 1 atom stereocenters. The van der Waals surface area contributed by atoms with E-state index in [2.05, 4.69) is 41.8 Å². The van der Waals surface area contributed by atoms with Crippen molar-refractivity contribution in [1.29, 1.82) is 0 Å². The van der Waals surface area contributed by atoms with Gasteiger partial charge >= 0.3 is 0 Å². The van der Waals surface area contributed by atoms with Gasteiger partial charge in [0.2, 0.25) is 0 Å². The number of hydrogen-bond acceptors (Lipinski definition) is 2. The van der Waals surface area contributed by atoms with Gasteiger partial charge in [0.05, 0.1) is 6.33 Å². The number of imidazole rings is 1. The van der Waals surface area contributed by atoms with Gasteiger partial charge in [0.25, 0.3) is 0 Å². The van der Waals surface area contributed by atoms with E-state index >= 15 is 0 Å². The van der Waals surface area contributed by atoms with Crippen LogP contribution in [0.1, 0.15) is 58.2 Å². The van der Waals surface area contributed by atoms with Crippen LogP contribution in [0.25, 0.3) is 0 Å². The van der Waals surface area contributed by atoms with E-state index in [9.17, 15) is 0 Å². The first-order valence-corrected chi connectivity index (χ1v) is 6.90. The fourth-order valence-corrected chi connectivity index (χ4v) is 2.91. The molecule has 0 amide bonds. The lowest BCUT2D eigenvalue weighted by Gasteiger charge is -2.35. The second-order valence-corrected chi connectivity index (χ2v) is 5.63. The zero-order valence-electron chi connectivity index (χ0n) is 11.4. The van der Waals surface area contributed by atoms with Crippen LogP contribution in [-0.2, 0) is 5.41 Å². The van der Waals surface area contributed by atoms with Crippen molar-refractivity contribution in [2.75, 3.05) is 13.1 Å². The van der Waals surface area contributed by atoms with E-state index in [1.54, 1.807) is 0 Å². The highest BCUT2D eigenvalue weighted by atomic mass is 15.1. The third kappa shape index (κ3) is 2.54. The molecule has 0 radical (unpaired) electrons. The maximum atomic E-state index is 4.39. The molecule has 0 bridgehead atoms. The van der Waals surface area contributed by atoms with Crippen LogP contribution in [0.15, 0.2) is 12.5 Å². The number of nitrogens with zero attached hydrogens (tertiary/aromatic N) is 2. The van der Waals surface area contributed by atoms with Gasteiger partial charge in [-0.25, -0.2) is 4.98 Å². The Balaban J connectivity index is 2.23. The van der Waals surface area contributed by atoms with Gasteiger partial charge in [0, 0.05) is 23.3 Å². The van der Waals surface area contributed by atoms with Crippen molar-refractivity contribution in [3.8, 4) is 0 Å². The molecule has 17 heavy (non-hydrogen) atoms. The summed E-state index contributed by atoms with van der Waals surface area (Å²) < 4.78 is 2.40. The van der Waals surface area contributed by atoms with Crippen LogP contribution < -0.4 is 5.32 Å². The van der Waals surface area contributed by atoms with Crippen LogP contribution in [0, 0.1) is 0 Å². The molecule has 0 spiro atoms. The zero-order chi connectivity index (χ0) is 12.3. The van der Waals surface area contributed by atoms with E-state index in [1.807, 2.05) is 6.33 Å². The number of nitrogens with one attached hydrogen (secondary N) is 1. The average Bonchev–Trinajstić information content (AvgIpc) is 2.80. The molecule has 2 rings (SSSR count). The predicted molar refractivity (Wildman–Crippen MR) is 71.3 cm³/mol. The van der Waals surface area contributed by atoms with E-state index in [4.69, 9.17) is 0 Å². The van der Waals surface area contributed by atoms with Crippen molar-refractivity contribution in [3.05, 3.63) is 18.2 Å². The largest absolute Gasteiger partial charge is 0.331 e. The number of aromatic nitrogens is 2. The Hall–Kier alpha value is -0.830. The summed E-state index contributed by atoms with van der Waals surface area (Å²) in [7, 11) is 0. The van der Waals surface area contributed by atoms with Crippen LogP contribution in [0.2, 0.25) is 0 Å². The van der Waals surface area contributed by atoms with Gasteiger partial charge in [-0.3, -0.25) is 0 Å². The first kappa shape index (κ1) is 12.6. The van der Waals surface area contributed by atoms with Crippen molar-refractivity contribution in [3.63, 3.8) is 0 Å². The van der Waals surface area contributed by atoms with Crippen LogP contribution in [0.3, 0.4) is 0 Å². The number of hydrogen-bond donors (Lipinski definition) is 1. The summed E-state index contributed by atoms with van der Waals surface area (Å²) in [6.45, 7) is 9.20. The van der Waals surface area contributed by atoms with Crippen molar-refractivity contribution < 1.29 is 0 Å². The molecule has 1 fully saturated rings. The normalized spacial score (nSPS) is 21.4. The Kier molecular flexibility index (Phi) is 3.87. The number of piperidine rings is 1. The fraction of sp³-hybridized carbons (Fsp3) is 0.786. The van der Waals surface area contributed by atoms with Gasteiger partial charge in [0.1, 0.15) is 0 Å². The highest BCUT2D eigenvalue weighted by Gasteiger charge is 2.32. The summed E-state index contributed by atoms with van der Waals surface area (Å²) >= 11 is 0. The summed E-state index contributed by atoms with van der Waals surface area (Å²) in [4.78, 5) is 4.39. The van der Waals surface area contributed by atoms with Crippen molar-refractivity contribution >= 4 is 0 Å². The Morgan fingerprint density at radius 1 is 1.47 bits per heavy atom. The minimum Gasteiger partial charge on any atom is -0.331 e. The molecule has 0 aromatic carbocycles. The molecule has 0 saturated carbocycles. The summed E-state index contributed by atoms with van der Waals surface area (Å²) in [5.74, 6) is 0. The minimum atomic E-state index is 0.309. The SMILES string of the molecule is CCCC(C)n1cncc1C1(C)CCNCC1. The predicted octanol–water partition coefficient (Wildman–Crippen LogP) is 2.89. The molecule has 96 valence electrons. The highest BCUT2D eigenvalue weighted by Crippen LogP contribution is 2.34. The first-order valence-electron chi connectivity index (χ1n) is 6.90. The van der Waals surface area contributed by atoms with Gasteiger partial charge < -0.3 is 9.88 Å². The summed E-state index contributed by atoms with van der Waals surface area (Å²) in [5.41, 5.74) is 1.74. The third-order valence-corrected chi connectivity index (χ3v) is 4.17. The molecule has 3 nitrogen and oxygen atoms in total. The molecule has 1 aromatic rings. The second kappa shape index (κ2) is 5.21. The van der Waals surface area contributed by atoms with E-state index < -0.39 is 0 Å². The molecule has 1 saturated heterocycles. The average molecular weight is 235 g/mol. The van der Waals surface area contributed by atoms with E-state index in [1.165, 1.54) is 31.4 Å². The first-order chi connectivity index (χ1) is 8.17. The molecule has 1 unspecified atom stereocenters. The Bertz CT molecular complexity index is 350. The van der Waals surface area contributed by atoms with E-state index in [-0.39, 0.29) is 0 Å². The van der Waals surface area contributed by atoms with Gasteiger partial charge in [-0.2, -0.15) is 0 Å². The van der Waals surface area contributed by atoms with E-state index in [0.29, 0.717) is 11.5 Å². The maximum absolute atomic E-state index is 4.39. The second-order valence-electron chi connectivity index (χ2n) is 5.63. The molecule has 1 N–H and O–H groups in total. The lowest BCUT2D eigenvalue weighted by atomic mass is 9.78. The number of rotatable bonds is 4. The maximum Gasteiger partial charge on any atom is 0.0950 e. The lowest BCUT2D eigenvalue weighted by Crippen LogP contribution is -2.39. The molecule has 1 aliphatic heterocycles. The van der Waals surface area contributed by atoms with Gasteiger partial charge in [0.15, 0.2) is 0 Å². The zero-order valence-corrected chi connectivity index (χ0v) is 11.4. The lowest BCUT2D eigenvalue weighted by molar-refractivity contribution is 0.307. The van der Waals surface area contributed by atoms with Crippen LogP contribution in [0.4, 0.5) is 0 Å². The molecule has 1 aromatic heterocycles. The molecule has 0 aliphatic carbocycles. The minimum absolute atomic E-state index is 0.309. The highest BCUT2D eigenvalue weighted by molar-refractivity contribution is 5.16. The quantitative estimate of drug-likeness (QED) is 0.869. The summed E-state index contributed by atoms with van der Waals surface area (Å²) in [6, 6.07) is 0.573. The van der Waals surface area contributed by atoms with E-state index in [0.717, 1.165) is 13.1 Å². The Morgan fingerprint density at radius 2 is 2.18 bits per heavy atom. The Morgan fingerprint density at radius 3 is 2.82 bits per heavy atom. The molecule has 2 heterocycles. The summed E-state index contributed by atoms with van der Waals surface area (Å²) in [5, 5.41) is 3.45. The van der Waals surface area contributed by atoms with Gasteiger partial charge in [-0.15, -0.1) is 0 Å². The molecule has 3 heteroatoms. The Labute approximate surface area is 105 Å². The van der Waals surface area contributed by atoms with Gasteiger partial charge in [-0.1, -0.05) is 20.3 Å². The summed E-state index contributed by atoms with van der Waals surface area (Å²) in [6.07, 6.45) is 9.00. The van der Waals surface area contributed by atoms with Crippen molar-refractivity contribution in [2.24, 2.45) is 0 Å². The smallest absolute Gasteiger partial charge is 0.0950 e. The molecular formula is C14H25N3. The van der Waals surface area contributed by atoms with Crippen LogP contribution >= 0.6 is 0 Å². The molecule has 1 aliphatic rings. The van der Waals surface area contributed by atoms with Gasteiger partial charge in [-0.05, 0) is 39.3 Å². The standard InChI is InChI=1S/C14H25N3/c1-4-5-12(2)17-11-16-10-13(17)14(3)6-8-15-9-7-14/h10-12,15H,4-9H2,1-3H3. The van der Waals surface area contributed by atoms with Crippen molar-refractivity contribution in [2.45, 2.75) is 57.9 Å². The van der Waals surface area contributed by atoms with Crippen molar-refractivity contribution in [1.82, 2.24) is 14.9 Å². The fourth-order valence-electron chi connectivity index (χ4n) is 2.91. The monoisotopic (exact) mass is 235 g/mol. The third-order valence-electron chi connectivity index (χ3n) is 4.17. The molecular weight excluding hydrogens is 210 g/mol. The topological polar surface area (TPSA) is 29.9 Å². The van der Waals surface area contributed by atoms with Crippen LogP contribution in [-0.4, -0.2) is 22.6 Å². The van der Waals surface area contributed by atoms with Crippen LogP contribution in [0.5, 0.6) is 0 Å².